The van der Waals surface area contributed by atoms with Crippen LogP contribution in [0.15, 0.2) is 72.8 Å². The predicted molar refractivity (Wildman–Crippen MR) is 153 cm³/mol. The Hall–Kier alpha value is -3.02. The Balaban J connectivity index is 1.62. The van der Waals surface area contributed by atoms with Crippen molar-refractivity contribution in [3.63, 3.8) is 0 Å². The van der Waals surface area contributed by atoms with Gasteiger partial charge in [-0.2, -0.15) is 0 Å². The van der Waals surface area contributed by atoms with Gasteiger partial charge in [-0.3, -0.25) is 9.59 Å². The molecular weight excluding hydrogens is 519 g/mol. The van der Waals surface area contributed by atoms with Gasteiger partial charge in [-0.15, -0.1) is 0 Å². The number of hydrogen-bond acceptors (Lipinski definition) is 3. The fourth-order valence-electron chi connectivity index (χ4n) is 4.87. The molecule has 1 atom stereocenters. The normalized spacial score (nSPS) is 14.5. The van der Waals surface area contributed by atoms with Crippen molar-refractivity contribution in [2.75, 3.05) is 6.61 Å². The van der Waals surface area contributed by atoms with E-state index in [1.807, 2.05) is 67.6 Å². The minimum Gasteiger partial charge on any atom is -0.484 e. The Kier molecular flexibility index (Phi) is 10.1. The maximum absolute atomic E-state index is 13.8. The lowest BCUT2D eigenvalue weighted by atomic mass is 9.94. The highest BCUT2D eigenvalue weighted by Crippen LogP contribution is 2.25. The van der Waals surface area contributed by atoms with Gasteiger partial charge in [0.05, 0.1) is 10.0 Å². The Morgan fingerprint density at radius 3 is 2.39 bits per heavy atom. The summed E-state index contributed by atoms with van der Waals surface area (Å²) in [5.41, 5.74) is 2.80. The van der Waals surface area contributed by atoms with Gasteiger partial charge in [-0.1, -0.05) is 91.0 Å². The second kappa shape index (κ2) is 13.7. The van der Waals surface area contributed by atoms with Crippen molar-refractivity contribution >= 4 is 35.0 Å². The average Bonchev–Trinajstić information content (AvgIpc) is 2.92. The molecule has 0 heterocycles. The third-order valence-electron chi connectivity index (χ3n) is 6.91. The van der Waals surface area contributed by atoms with Gasteiger partial charge in [-0.25, -0.2) is 0 Å². The first-order valence-electron chi connectivity index (χ1n) is 13.2. The number of benzene rings is 3. The van der Waals surface area contributed by atoms with E-state index in [1.54, 1.807) is 17.0 Å². The summed E-state index contributed by atoms with van der Waals surface area (Å²) >= 11 is 12.4. The maximum Gasteiger partial charge on any atom is 0.261 e. The van der Waals surface area contributed by atoms with Gasteiger partial charge in [0.1, 0.15) is 11.8 Å². The Morgan fingerprint density at radius 2 is 1.68 bits per heavy atom. The van der Waals surface area contributed by atoms with Crippen LogP contribution in [0.3, 0.4) is 0 Å². The fraction of sp³-hybridized carbons (Fsp3) is 0.355. The summed E-state index contributed by atoms with van der Waals surface area (Å²) in [5, 5.41) is 4.08. The second-order valence-electron chi connectivity index (χ2n) is 9.92. The van der Waals surface area contributed by atoms with E-state index in [4.69, 9.17) is 27.9 Å². The van der Waals surface area contributed by atoms with Gasteiger partial charge >= 0.3 is 0 Å². The molecule has 1 aliphatic rings. The predicted octanol–water partition coefficient (Wildman–Crippen LogP) is 6.77. The molecular formula is C31H34Cl2N2O3. The first kappa shape index (κ1) is 28.0. The molecule has 0 aliphatic heterocycles. The third-order valence-corrected chi connectivity index (χ3v) is 7.65. The van der Waals surface area contributed by atoms with E-state index < -0.39 is 6.04 Å². The average molecular weight is 554 g/mol. The molecule has 3 aromatic carbocycles. The summed E-state index contributed by atoms with van der Waals surface area (Å²) in [6, 6.07) is 22.0. The minimum atomic E-state index is -0.720. The van der Waals surface area contributed by atoms with Crippen molar-refractivity contribution in [3.05, 3.63) is 99.5 Å². The van der Waals surface area contributed by atoms with Gasteiger partial charge in [0, 0.05) is 19.0 Å². The number of amides is 2. The molecule has 1 aliphatic carbocycles. The zero-order chi connectivity index (χ0) is 26.9. The van der Waals surface area contributed by atoms with Crippen LogP contribution >= 0.6 is 23.2 Å². The monoisotopic (exact) mass is 552 g/mol. The Labute approximate surface area is 235 Å². The van der Waals surface area contributed by atoms with E-state index in [1.165, 1.54) is 6.42 Å². The lowest BCUT2D eigenvalue weighted by Crippen LogP contribution is -2.53. The molecule has 0 saturated heterocycles. The van der Waals surface area contributed by atoms with E-state index >= 15 is 0 Å². The van der Waals surface area contributed by atoms with Crippen LogP contribution in [0.1, 0.15) is 48.8 Å². The highest BCUT2D eigenvalue weighted by atomic mass is 35.5. The van der Waals surface area contributed by atoms with Crippen LogP contribution in [0.5, 0.6) is 5.75 Å². The molecule has 0 spiro atoms. The van der Waals surface area contributed by atoms with Crippen LogP contribution < -0.4 is 10.1 Å². The molecule has 3 aromatic rings. The van der Waals surface area contributed by atoms with E-state index in [2.05, 4.69) is 5.32 Å². The molecule has 0 unspecified atom stereocenters. The first-order valence-corrected chi connectivity index (χ1v) is 13.9. The Bertz CT molecular complexity index is 1230. The van der Waals surface area contributed by atoms with E-state index in [0.29, 0.717) is 22.2 Å². The summed E-state index contributed by atoms with van der Waals surface area (Å²) in [4.78, 5) is 29.2. The fourth-order valence-corrected chi connectivity index (χ4v) is 5.19. The lowest BCUT2D eigenvalue weighted by molar-refractivity contribution is -0.143. The van der Waals surface area contributed by atoms with E-state index in [-0.39, 0.29) is 31.0 Å². The van der Waals surface area contributed by atoms with Gasteiger partial charge in [-0.05, 0) is 60.7 Å². The highest BCUT2D eigenvalue weighted by Gasteiger charge is 2.32. The molecule has 38 heavy (non-hydrogen) atoms. The number of rotatable bonds is 10. The number of carbonyl (C=O) groups excluding carboxylic acids is 2. The summed E-state index contributed by atoms with van der Waals surface area (Å²) in [7, 11) is 0. The van der Waals surface area contributed by atoms with Crippen molar-refractivity contribution < 1.29 is 14.3 Å². The van der Waals surface area contributed by atoms with Crippen LogP contribution in [0.2, 0.25) is 10.0 Å². The van der Waals surface area contributed by atoms with Crippen molar-refractivity contribution in [3.8, 4) is 5.75 Å². The van der Waals surface area contributed by atoms with Gasteiger partial charge in [0.2, 0.25) is 5.91 Å². The number of ether oxygens (including phenoxy) is 1. The van der Waals surface area contributed by atoms with Gasteiger partial charge < -0.3 is 15.0 Å². The van der Waals surface area contributed by atoms with Crippen LogP contribution in [0, 0.1) is 6.92 Å². The number of carbonyl (C=O) groups is 2. The molecule has 0 aromatic heterocycles. The van der Waals surface area contributed by atoms with Crippen molar-refractivity contribution in [2.45, 2.75) is 64.1 Å². The maximum atomic E-state index is 13.8. The molecule has 5 nitrogen and oxygen atoms in total. The topological polar surface area (TPSA) is 58.6 Å². The van der Waals surface area contributed by atoms with Crippen LogP contribution in [-0.4, -0.2) is 35.4 Å². The molecule has 1 fully saturated rings. The van der Waals surface area contributed by atoms with Crippen LogP contribution in [0.4, 0.5) is 0 Å². The minimum absolute atomic E-state index is 0.125. The summed E-state index contributed by atoms with van der Waals surface area (Å²) in [5.74, 6) is 0.182. The summed E-state index contributed by atoms with van der Waals surface area (Å²) < 4.78 is 5.87. The third kappa shape index (κ3) is 7.99. The van der Waals surface area contributed by atoms with Crippen molar-refractivity contribution in [2.24, 2.45) is 0 Å². The molecule has 200 valence electrons. The number of aryl methyl sites for hydroxylation is 1. The largest absolute Gasteiger partial charge is 0.484 e. The molecule has 1 saturated carbocycles. The molecule has 4 rings (SSSR count). The lowest BCUT2D eigenvalue weighted by Gasteiger charge is -2.33. The van der Waals surface area contributed by atoms with Crippen molar-refractivity contribution in [1.29, 1.82) is 0 Å². The number of nitrogens with one attached hydrogen (secondary N) is 1. The molecule has 0 radical (unpaired) electrons. The van der Waals surface area contributed by atoms with Gasteiger partial charge in [0.25, 0.3) is 5.91 Å². The van der Waals surface area contributed by atoms with Crippen LogP contribution in [0.25, 0.3) is 0 Å². The van der Waals surface area contributed by atoms with Crippen molar-refractivity contribution in [1.82, 2.24) is 10.2 Å². The van der Waals surface area contributed by atoms with Crippen LogP contribution in [-0.2, 0) is 22.6 Å². The quantitative estimate of drug-likeness (QED) is 0.302. The number of nitrogens with zero attached hydrogens (tertiary/aromatic N) is 1. The zero-order valence-electron chi connectivity index (χ0n) is 21.7. The number of hydrogen-bond donors (Lipinski definition) is 1. The zero-order valence-corrected chi connectivity index (χ0v) is 23.2. The summed E-state index contributed by atoms with van der Waals surface area (Å²) in [6.45, 7) is 1.98. The van der Waals surface area contributed by atoms with E-state index in [0.717, 1.165) is 42.4 Å². The standard InChI is InChI=1S/C31H34Cl2N2O3/c1-22-9-8-14-26(17-22)38-21-30(36)35(20-24-15-16-27(32)28(33)18-24)29(19-23-10-4-2-5-11-23)31(37)34-25-12-6-3-7-13-25/h2,4-5,8-11,14-18,25,29H,3,6-7,12-13,19-21H2,1H3,(H,34,37)/t29-/m1/s1. The molecule has 1 N–H and O–H groups in total. The molecule has 0 bridgehead atoms. The smallest absolute Gasteiger partial charge is 0.261 e. The van der Waals surface area contributed by atoms with Gasteiger partial charge in [0.15, 0.2) is 6.61 Å². The molecule has 7 heteroatoms. The Morgan fingerprint density at radius 1 is 0.921 bits per heavy atom. The second-order valence-corrected chi connectivity index (χ2v) is 10.7. The SMILES string of the molecule is Cc1cccc(OCC(=O)N(Cc2ccc(Cl)c(Cl)c2)[C@H](Cc2ccccc2)C(=O)NC2CCCCC2)c1. The highest BCUT2D eigenvalue weighted by molar-refractivity contribution is 6.42. The summed E-state index contributed by atoms with van der Waals surface area (Å²) in [6.07, 6.45) is 5.70. The number of halogens is 2. The first-order chi connectivity index (χ1) is 18.4. The van der Waals surface area contributed by atoms with E-state index in [9.17, 15) is 9.59 Å². The molecule has 2 amide bonds.